The van der Waals surface area contributed by atoms with Crippen LogP contribution in [0.4, 0.5) is 10.5 Å². The Kier molecular flexibility index (Phi) is 8.98. The summed E-state index contributed by atoms with van der Waals surface area (Å²) in [6.07, 6.45) is 3.27. The Labute approximate surface area is 228 Å². The number of halogens is 2. The fourth-order valence-electron chi connectivity index (χ4n) is 4.91. The quantitative estimate of drug-likeness (QED) is 0.320. The number of nitrogens with one attached hydrogen (secondary N) is 3. The highest BCUT2D eigenvalue weighted by atomic mass is 35.5. The number of hydrogen-bond donors (Lipinski definition) is 3. The first kappa shape index (κ1) is 27.7. The second-order valence-electron chi connectivity index (χ2n) is 9.55. The molecule has 198 valence electrons. The third-order valence-corrected chi connectivity index (χ3v) is 9.20. The van der Waals surface area contributed by atoms with Gasteiger partial charge < -0.3 is 10.6 Å². The second-order valence-corrected chi connectivity index (χ2v) is 12.1. The van der Waals surface area contributed by atoms with E-state index in [1.165, 1.54) is 0 Å². The molecule has 1 fully saturated rings. The first-order valence-electron chi connectivity index (χ1n) is 12.4. The summed E-state index contributed by atoms with van der Waals surface area (Å²) in [4.78, 5) is 15.5. The summed E-state index contributed by atoms with van der Waals surface area (Å²) in [5.74, 6) is 0. The van der Waals surface area contributed by atoms with Crippen LogP contribution in [-0.4, -0.2) is 50.6 Å². The van der Waals surface area contributed by atoms with E-state index >= 15 is 0 Å². The maximum atomic E-state index is 13.3. The van der Waals surface area contributed by atoms with Gasteiger partial charge >= 0.3 is 6.03 Å². The number of rotatable bonds is 8. The zero-order chi connectivity index (χ0) is 26.6. The molecule has 0 bridgehead atoms. The molecule has 3 aromatic carbocycles. The maximum absolute atomic E-state index is 13.3. The molecular formula is C27H32Cl2N4O3S. The number of piperidine rings is 1. The SMILES string of the molecule is C[C@@H]1CCC[C@H](C)N1C[C@H](CNS(=O)(=O)c1cccc2ccccc12)NC(=O)Nc1cccc(Cl)c1Cl. The average molecular weight is 564 g/mol. The molecule has 1 aliphatic heterocycles. The summed E-state index contributed by atoms with van der Waals surface area (Å²) >= 11 is 12.3. The van der Waals surface area contributed by atoms with Gasteiger partial charge in [-0.2, -0.15) is 0 Å². The summed E-state index contributed by atoms with van der Waals surface area (Å²) in [6, 6.07) is 17.2. The summed E-state index contributed by atoms with van der Waals surface area (Å²) in [6.45, 7) is 4.85. The van der Waals surface area contributed by atoms with E-state index in [-0.39, 0.29) is 16.5 Å². The van der Waals surface area contributed by atoms with Crippen molar-refractivity contribution in [2.24, 2.45) is 0 Å². The van der Waals surface area contributed by atoms with Crippen LogP contribution in [0.15, 0.2) is 65.6 Å². The van der Waals surface area contributed by atoms with Crippen LogP contribution in [0.5, 0.6) is 0 Å². The van der Waals surface area contributed by atoms with Gasteiger partial charge in [-0.3, -0.25) is 4.90 Å². The van der Waals surface area contributed by atoms with E-state index in [1.54, 1.807) is 36.4 Å². The molecule has 1 heterocycles. The number of urea groups is 1. The van der Waals surface area contributed by atoms with Crippen LogP contribution in [0.3, 0.4) is 0 Å². The lowest BCUT2D eigenvalue weighted by Crippen LogP contribution is -2.55. The average Bonchev–Trinajstić information content (AvgIpc) is 2.87. The van der Waals surface area contributed by atoms with Gasteiger partial charge in [0, 0.05) is 30.6 Å². The van der Waals surface area contributed by atoms with Crippen LogP contribution in [0, 0.1) is 0 Å². The van der Waals surface area contributed by atoms with E-state index in [9.17, 15) is 13.2 Å². The molecule has 4 rings (SSSR count). The normalized spacial score (nSPS) is 19.5. The van der Waals surface area contributed by atoms with Gasteiger partial charge in [-0.15, -0.1) is 0 Å². The number of hydrogen-bond acceptors (Lipinski definition) is 4. The Morgan fingerprint density at radius 2 is 1.68 bits per heavy atom. The fourth-order valence-corrected chi connectivity index (χ4v) is 6.57. The smallest absolute Gasteiger partial charge is 0.319 e. The molecule has 1 saturated heterocycles. The highest BCUT2D eigenvalue weighted by Gasteiger charge is 2.29. The molecule has 3 atom stereocenters. The molecule has 1 aliphatic rings. The predicted octanol–water partition coefficient (Wildman–Crippen LogP) is 5.88. The van der Waals surface area contributed by atoms with Gasteiger partial charge in [0.05, 0.1) is 26.7 Å². The van der Waals surface area contributed by atoms with Gasteiger partial charge in [-0.25, -0.2) is 17.9 Å². The Balaban J connectivity index is 1.53. The Morgan fingerprint density at radius 3 is 2.43 bits per heavy atom. The van der Waals surface area contributed by atoms with Crippen molar-refractivity contribution in [3.63, 3.8) is 0 Å². The Bertz CT molecular complexity index is 1350. The first-order valence-corrected chi connectivity index (χ1v) is 14.6. The number of benzene rings is 3. The first-order chi connectivity index (χ1) is 17.7. The van der Waals surface area contributed by atoms with Gasteiger partial charge in [0.15, 0.2) is 0 Å². The number of sulfonamides is 1. The summed E-state index contributed by atoms with van der Waals surface area (Å²) < 4.78 is 29.4. The highest BCUT2D eigenvalue weighted by molar-refractivity contribution is 7.89. The lowest BCUT2D eigenvalue weighted by molar-refractivity contribution is 0.0928. The molecule has 0 unspecified atom stereocenters. The monoisotopic (exact) mass is 562 g/mol. The summed E-state index contributed by atoms with van der Waals surface area (Å²) in [7, 11) is -3.84. The second kappa shape index (κ2) is 12.0. The third-order valence-electron chi connectivity index (χ3n) is 6.90. The van der Waals surface area contributed by atoms with Crippen LogP contribution in [0.25, 0.3) is 10.8 Å². The van der Waals surface area contributed by atoms with Crippen LogP contribution >= 0.6 is 23.2 Å². The number of fused-ring (bicyclic) bond motifs is 1. The molecule has 0 spiro atoms. The van der Waals surface area contributed by atoms with E-state index in [4.69, 9.17) is 23.2 Å². The van der Waals surface area contributed by atoms with Crippen molar-refractivity contribution in [2.45, 2.75) is 56.1 Å². The highest BCUT2D eigenvalue weighted by Crippen LogP contribution is 2.29. The van der Waals surface area contributed by atoms with Crippen LogP contribution in [0.1, 0.15) is 33.1 Å². The third kappa shape index (κ3) is 6.75. The van der Waals surface area contributed by atoms with Crippen LogP contribution < -0.4 is 15.4 Å². The Morgan fingerprint density at radius 1 is 1.00 bits per heavy atom. The number of anilines is 1. The van der Waals surface area contributed by atoms with Crippen molar-refractivity contribution in [1.82, 2.24) is 14.9 Å². The lowest BCUT2D eigenvalue weighted by atomic mass is 9.97. The van der Waals surface area contributed by atoms with E-state index in [0.29, 0.717) is 34.7 Å². The van der Waals surface area contributed by atoms with Gasteiger partial charge in [0.25, 0.3) is 0 Å². The van der Waals surface area contributed by atoms with Gasteiger partial charge in [-0.05, 0) is 50.3 Å². The van der Waals surface area contributed by atoms with E-state index < -0.39 is 22.1 Å². The molecule has 2 amide bonds. The molecule has 0 aliphatic carbocycles. The van der Waals surface area contributed by atoms with Gasteiger partial charge in [-0.1, -0.05) is 72.1 Å². The number of amides is 2. The maximum Gasteiger partial charge on any atom is 0.319 e. The molecule has 37 heavy (non-hydrogen) atoms. The minimum Gasteiger partial charge on any atom is -0.333 e. The van der Waals surface area contributed by atoms with Crippen molar-refractivity contribution < 1.29 is 13.2 Å². The van der Waals surface area contributed by atoms with Crippen LogP contribution in [0.2, 0.25) is 10.0 Å². The van der Waals surface area contributed by atoms with Crippen molar-refractivity contribution in [2.75, 3.05) is 18.4 Å². The van der Waals surface area contributed by atoms with E-state index in [2.05, 4.69) is 34.1 Å². The molecule has 10 heteroatoms. The summed E-state index contributed by atoms with van der Waals surface area (Å²) in [5.41, 5.74) is 0.376. The zero-order valence-electron chi connectivity index (χ0n) is 20.9. The molecule has 0 saturated carbocycles. The van der Waals surface area contributed by atoms with E-state index in [0.717, 1.165) is 24.6 Å². The molecule has 3 aromatic rings. The van der Waals surface area contributed by atoms with Crippen molar-refractivity contribution in [3.05, 3.63) is 70.7 Å². The van der Waals surface area contributed by atoms with Gasteiger partial charge in [0.1, 0.15) is 0 Å². The lowest BCUT2D eigenvalue weighted by Gasteiger charge is -2.41. The zero-order valence-corrected chi connectivity index (χ0v) is 23.2. The van der Waals surface area contributed by atoms with Crippen LogP contribution in [-0.2, 0) is 10.0 Å². The summed E-state index contributed by atoms with van der Waals surface area (Å²) in [5, 5.41) is 7.73. The number of nitrogens with zero attached hydrogens (tertiary/aromatic N) is 1. The Hall–Kier alpha value is -2.36. The molecule has 7 nitrogen and oxygen atoms in total. The standard InChI is InChI=1S/C27H32Cl2N4O3S/c1-18-8-5-9-19(2)33(18)17-21(31-27(34)32-24-14-7-13-23(28)26(24)29)16-30-37(35,36)25-15-6-11-20-10-3-4-12-22(20)25/h3-4,6-7,10-15,18-19,21,30H,5,8-9,16-17H2,1-2H3,(H2,31,32,34)/t18-,19+,21-/m0/s1. The molecule has 0 aromatic heterocycles. The number of carbonyl (C=O) groups excluding carboxylic acids is 1. The molecular weight excluding hydrogens is 531 g/mol. The topological polar surface area (TPSA) is 90.5 Å². The minimum atomic E-state index is -3.84. The van der Waals surface area contributed by atoms with E-state index in [1.807, 2.05) is 24.3 Å². The van der Waals surface area contributed by atoms with Gasteiger partial charge in [0.2, 0.25) is 10.0 Å². The fraction of sp³-hybridized carbons (Fsp3) is 0.370. The predicted molar refractivity (Wildman–Crippen MR) is 151 cm³/mol. The minimum absolute atomic E-state index is 0.0260. The molecule has 0 radical (unpaired) electrons. The van der Waals surface area contributed by atoms with Crippen molar-refractivity contribution in [3.8, 4) is 0 Å². The van der Waals surface area contributed by atoms with Crippen molar-refractivity contribution >= 4 is 55.7 Å². The largest absolute Gasteiger partial charge is 0.333 e. The number of carbonyl (C=O) groups is 1. The molecule has 3 N–H and O–H groups in total. The van der Waals surface area contributed by atoms with Crippen molar-refractivity contribution in [1.29, 1.82) is 0 Å². The number of likely N-dealkylation sites (tertiary alicyclic amines) is 1.